The van der Waals surface area contributed by atoms with Crippen LogP contribution in [0, 0.1) is 0 Å². The van der Waals surface area contributed by atoms with E-state index in [0.717, 1.165) is 11.3 Å². The molecule has 0 fully saturated rings. The van der Waals surface area contributed by atoms with E-state index in [4.69, 9.17) is 19.4 Å². The summed E-state index contributed by atoms with van der Waals surface area (Å²) in [4.78, 5) is 16.8. The van der Waals surface area contributed by atoms with Gasteiger partial charge in [-0.1, -0.05) is 23.7 Å². The van der Waals surface area contributed by atoms with Crippen molar-refractivity contribution in [3.8, 4) is 0 Å². The van der Waals surface area contributed by atoms with E-state index in [2.05, 4.69) is 10.3 Å². The van der Waals surface area contributed by atoms with Gasteiger partial charge in [-0.15, -0.1) is 0 Å². The standard InChI is InChI=1S/C15H15BClN3O/c1-20(2)11-5-3-10(4-6-11)8-18-12-7-14(17)19-13(9-21)15(12)16/h3-7,9H,8H2,1-2H3,(H,18,19). The molecule has 1 heterocycles. The highest BCUT2D eigenvalue weighted by atomic mass is 35.5. The van der Waals surface area contributed by atoms with Crippen LogP contribution < -0.4 is 15.7 Å². The first-order valence-corrected chi connectivity index (χ1v) is 6.80. The fraction of sp³-hybridized carbons (Fsp3) is 0.200. The fourth-order valence-electron chi connectivity index (χ4n) is 1.89. The molecule has 4 nitrogen and oxygen atoms in total. The van der Waals surface area contributed by atoms with Crippen LogP contribution >= 0.6 is 11.6 Å². The van der Waals surface area contributed by atoms with E-state index >= 15 is 0 Å². The summed E-state index contributed by atoms with van der Waals surface area (Å²) in [5.74, 6) is 0. The lowest BCUT2D eigenvalue weighted by Crippen LogP contribution is -2.18. The van der Waals surface area contributed by atoms with Crippen molar-refractivity contribution in [1.29, 1.82) is 0 Å². The van der Waals surface area contributed by atoms with Crippen LogP contribution in [0.5, 0.6) is 0 Å². The molecular formula is C15H15BClN3O. The van der Waals surface area contributed by atoms with Crippen LogP contribution in [-0.4, -0.2) is 33.2 Å². The second-order valence-corrected chi connectivity index (χ2v) is 5.21. The summed E-state index contributed by atoms with van der Waals surface area (Å²) in [5.41, 5.74) is 3.29. The lowest BCUT2D eigenvalue weighted by molar-refractivity contribution is 0.112. The molecule has 1 aromatic heterocycles. The minimum absolute atomic E-state index is 0.146. The smallest absolute Gasteiger partial charge is 0.167 e. The molecule has 2 aromatic rings. The normalized spacial score (nSPS) is 10.2. The van der Waals surface area contributed by atoms with E-state index in [0.29, 0.717) is 24.0 Å². The summed E-state index contributed by atoms with van der Waals surface area (Å²) in [7, 11) is 9.86. The molecule has 0 unspecified atom stereocenters. The van der Waals surface area contributed by atoms with Gasteiger partial charge < -0.3 is 10.2 Å². The van der Waals surface area contributed by atoms with Gasteiger partial charge in [-0.2, -0.15) is 0 Å². The van der Waals surface area contributed by atoms with Gasteiger partial charge in [0, 0.05) is 32.0 Å². The highest BCUT2D eigenvalue weighted by Gasteiger charge is 2.07. The van der Waals surface area contributed by atoms with Crippen LogP contribution in [0.4, 0.5) is 11.4 Å². The molecule has 2 rings (SSSR count). The molecule has 0 atom stereocenters. The van der Waals surface area contributed by atoms with Crippen molar-refractivity contribution in [3.05, 3.63) is 46.7 Å². The number of nitrogens with one attached hydrogen (secondary N) is 1. The van der Waals surface area contributed by atoms with Crippen LogP contribution in [0.3, 0.4) is 0 Å². The summed E-state index contributed by atoms with van der Waals surface area (Å²) in [6, 6.07) is 9.75. The molecule has 0 aliphatic heterocycles. The molecule has 0 aliphatic rings. The number of rotatable bonds is 5. The average Bonchev–Trinajstić information content (AvgIpc) is 2.48. The minimum Gasteiger partial charge on any atom is -0.381 e. The third-order valence-corrected chi connectivity index (χ3v) is 3.30. The second kappa shape index (κ2) is 6.63. The zero-order valence-corrected chi connectivity index (χ0v) is 12.7. The first-order valence-electron chi connectivity index (χ1n) is 6.42. The fourth-order valence-corrected chi connectivity index (χ4v) is 2.09. The number of anilines is 2. The Bertz CT molecular complexity index is 644. The number of aldehydes is 1. The maximum atomic E-state index is 10.9. The number of aromatic nitrogens is 1. The average molecular weight is 300 g/mol. The molecule has 21 heavy (non-hydrogen) atoms. The number of carbonyl (C=O) groups excluding carboxylic acids is 1. The van der Waals surface area contributed by atoms with Gasteiger partial charge in [-0.05, 0) is 29.2 Å². The largest absolute Gasteiger partial charge is 0.381 e. The number of benzene rings is 1. The predicted molar refractivity (Wildman–Crippen MR) is 88.1 cm³/mol. The zero-order valence-electron chi connectivity index (χ0n) is 11.9. The highest BCUT2D eigenvalue weighted by Crippen LogP contribution is 2.15. The van der Waals surface area contributed by atoms with Gasteiger partial charge in [0.15, 0.2) is 6.29 Å². The lowest BCUT2D eigenvalue weighted by atomic mass is 9.92. The van der Waals surface area contributed by atoms with Gasteiger partial charge in [0.05, 0.1) is 5.69 Å². The Morgan fingerprint density at radius 3 is 2.57 bits per heavy atom. The first kappa shape index (κ1) is 15.4. The van der Waals surface area contributed by atoms with E-state index in [1.54, 1.807) is 6.07 Å². The second-order valence-electron chi connectivity index (χ2n) is 4.82. The Kier molecular flexibility index (Phi) is 4.86. The lowest BCUT2D eigenvalue weighted by Gasteiger charge is -2.14. The van der Waals surface area contributed by atoms with Crippen molar-refractivity contribution in [2.24, 2.45) is 0 Å². The van der Waals surface area contributed by atoms with Gasteiger partial charge in [0.2, 0.25) is 0 Å². The Morgan fingerprint density at radius 2 is 2.00 bits per heavy atom. The van der Waals surface area contributed by atoms with Crippen molar-refractivity contribution >= 4 is 42.6 Å². The van der Waals surface area contributed by atoms with Crippen molar-refractivity contribution in [2.45, 2.75) is 6.54 Å². The van der Waals surface area contributed by atoms with E-state index in [1.807, 2.05) is 43.3 Å². The maximum Gasteiger partial charge on any atom is 0.167 e. The molecule has 0 saturated heterocycles. The third-order valence-electron chi connectivity index (χ3n) is 3.10. The molecule has 2 radical (unpaired) electrons. The summed E-state index contributed by atoms with van der Waals surface area (Å²) in [6.07, 6.45) is 0.596. The highest BCUT2D eigenvalue weighted by molar-refractivity contribution is 6.39. The first-order chi connectivity index (χ1) is 10.0. The van der Waals surface area contributed by atoms with Crippen molar-refractivity contribution in [3.63, 3.8) is 0 Å². The molecule has 0 spiro atoms. The van der Waals surface area contributed by atoms with Crippen LogP contribution in [0.2, 0.25) is 5.15 Å². The number of pyridine rings is 1. The Labute approximate surface area is 130 Å². The number of carbonyl (C=O) groups is 1. The summed E-state index contributed by atoms with van der Waals surface area (Å²) in [5, 5.41) is 3.40. The van der Waals surface area contributed by atoms with Gasteiger partial charge in [0.25, 0.3) is 0 Å². The van der Waals surface area contributed by atoms with Gasteiger partial charge in [-0.3, -0.25) is 4.79 Å². The zero-order chi connectivity index (χ0) is 15.4. The molecule has 0 saturated carbocycles. The maximum absolute atomic E-state index is 10.9. The Hall–Kier alpha value is -2.01. The van der Waals surface area contributed by atoms with Crippen LogP contribution in [0.25, 0.3) is 0 Å². The Balaban J connectivity index is 2.12. The quantitative estimate of drug-likeness (QED) is 0.521. The molecule has 0 bridgehead atoms. The van der Waals surface area contributed by atoms with Gasteiger partial charge in [-0.25, -0.2) is 4.98 Å². The molecular weight excluding hydrogens is 284 g/mol. The third kappa shape index (κ3) is 3.76. The number of hydrogen-bond donors (Lipinski definition) is 1. The van der Waals surface area contributed by atoms with Crippen molar-refractivity contribution in [2.75, 3.05) is 24.3 Å². The van der Waals surface area contributed by atoms with Crippen molar-refractivity contribution in [1.82, 2.24) is 4.98 Å². The molecule has 6 heteroatoms. The van der Waals surface area contributed by atoms with Crippen LogP contribution in [-0.2, 0) is 6.54 Å². The molecule has 1 N–H and O–H groups in total. The Morgan fingerprint density at radius 1 is 1.33 bits per heavy atom. The van der Waals surface area contributed by atoms with Crippen LogP contribution in [0.15, 0.2) is 30.3 Å². The van der Waals surface area contributed by atoms with Crippen LogP contribution in [0.1, 0.15) is 16.1 Å². The number of halogens is 1. The summed E-state index contributed by atoms with van der Waals surface area (Å²) >= 11 is 5.87. The van der Waals surface area contributed by atoms with E-state index < -0.39 is 0 Å². The van der Waals surface area contributed by atoms with E-state index in [9.17, 15) is 4.79 Å². The summed E-state index contributed by atoms with van der Waals surface area (Å²) < 4.78 is 0. The SMILES string of the molecule is [B]c1c(NCc2ccc(N(C)C)cc2)cc(Cl)nc1C=O. The van der Waals surface area contributed by atoms with E-state index in [1.165, 1.54) is 0 Å². The minimum atomic E-state index is 0.146. The van der Waals surface area contributed by atoms with Gasteiger partial charge >= 0.3 is 0 Å². The van der Waals surface area contributed by atoms with Crippen molar-refractivity contribution < 1.29 is 4.79 Å². The number of hydrogen-bond acceptors (Lipinski definition) is 4. The van der Waals surface area contributed by atoms with Gasteiger partial charge in [0.1, 0.15) is 13.0 Å². The monoisotopic (exact) mass is 299 g/mol. The summed E-state index contributed by atoms with van der Waals surface area (Å²) in [6.45, 7) is 0.580. The number of nitrogens with zero attached hydrogens (tertiary/aromatic N) is 2. The molecule has 106 valence electrons. The predicted octanol–water partition coefficient (Wildman–Crippen LogP) is 2.02. The molecule has 1 aromatic carbocycles. The van der Waals surface area contributed by atoms with E-state index in [-0.39, 0.29) is 10.8 Å². The molecule has 0 amide bonds. The molecule has 0 aliphatic carbocycles. The topological polar surface area (TPSA) is 45.2 Å².